The number of amides is 2. The fraction of sp³-hybridized carbons (Fsp3) is 0.267. The van der Waals surface area contributed by atoms with E-state index in [1.165, 1.54) is 18.3 Å². The van der Waals surface area contributed by atoms with Crippen LogP contribution in [0.25, 0.3) is 11.3 Å². The summed E-state index contributed by atoms with van der Waals surface area (Å²) in [6, 6.07) is 5.93. The molecule has 1 aromatic heterocycles. The number of hydrogen-bond acceptors (Lipinski definition) is 4. The summed E-state index contributed by atoms with van der Waals surface area (Å²) < 4.78 is 0. The van der Waals surface area contributed by atoms with Crippen molar-refractivity contribution in [3.8, 4) is 11.3 Å². The molecule has 0 radical (unpaired) electrons. The summed E-state index contributed by atoms with van der Waals surface area (Å²) in [5.41, 5.74) is 3.89. The highest BCUT2D eigenvalue weighted by atomic mass is 32.1. The Morgan fingerprint density at radius 1 is 1.38 bits per heavy atom. The molecule has 0 spiro atoms. The molecule has 2 amide bonds. The van der Waals surface area contributed by atoms with Gasteiger partial charge in [0.15, 0.2) is 5.13 Å². The first-order valence-corrected chi connectivity index (χ1v) is 7.53. The molecule has 0 aliphatic carbocycles. The van der Waals surface area contributed by atoms with Gasteiger partial charge >= 0.3 is 0 Å². The molecular weight excluding hydrogens is 286 g/mol. The zero-order chi connectivity index (χ0) is 15.0. The molecule has 0 bridgehead atoms. The molecular formula is C15H15N3O2S. The average Bonchev–Trinajstić information content (AvgIpc) is 2.78. The van der Waals surface area contributed by atoms with Gasteiger partial charge < -0.3 is 10.6 Å². The van der Waals surface area contributed by atoms with Gasteiger partial charge in [0, 0.05) is 29.5 Å². The average molecular weight is 301 g/mol. The molecule has 0 saturated heterocycles. The fourth-order valence-electron chi connectivity index (χ4n) is 2.40. The molecule has 3 rings (SSSR count). The van der Waals surface area contributed by atoms with Crippen LogP contribution in [0.2, 0.25) is 0 Å². The zero-order valence-electron chi connectivity index (χ0n) is 11.8. The van der Waals surface area contributed by atoms with E-state index in [1.807, 2.05) is 19.1 Å². The topological polar surface area (TPSA) is 71.1 Å². The van der Waals surface area contributed by atoms with Crippen molar-refractivity contribution in [1.29, 1.82) is 0 Å². The van der Waals surface area contributed by atoms with Gasteiger partial charge in [0.05, 0.1) is 5.69 Å². The number of rotatable bonds is 2. The molecule has 2 N–H and O–H groups in total. The first-order chi connectivity index (χ1) is 10.0. The van der Waals surface area contributed by atoms with Gasteiger partial charge in [-0.2, -0.15) is 0 Å². The van der Waals surface area contributed by atoms with E-state index in [0.29, 0.717) is 11.6 Å². The van der Waals surface area contributed by atoms with Crippen molar-refractivity contribution in [2.24, 2.45) is 0 Å². The number of aryl methyl sites for hydroxylation is 2. The minimum absolute atomic E-state index is 0.0630. The summed E-state index contributed by atoms with van der Waals surface area (Å²) in [6.45, 7) is 3.46. The lowest BCUT2D eigenvalue weighted by atomic mass is 9.99. The maximum absolute atomic E-state index is 11.4. The fourth-order valence-corrected chi connectivity index (χ4v) is 3.28. The lowest BCUT2D eigenvalue weighted by Gasteiger charge is -2.17. The SMILES string of the molecule is CC(=O)Nc1nc(-c2ccc3c(c2)CCC(=O)N3)c(C)s1. The molecule has 5 nitrogen and oxygen atoms in total. The van der Waals surface area contributed by atoms with Crippen molar-refractivity contribution in [1.82, 2.24) is 4.98 Å². The van der Waals surface area contributed by atoms with E-state index < -0.39 is 0 Å². The molecule has 2 heterocycles. The first-order valence-electron chi connectivity index (χ1n) is 6.71. The van der Waals surface area contributed by atoms with Crippen molar-refractivity contribution in [3.63, 3.8) is 0 Å². The Morgan fingerprint density at radius 2 is 2.19 bits per heavy atom. The smallest absolute Gasteiger partial charge is 0.224 e. The third kappa shape index (κ3) is 2.80. The highest BCUT2D eigenvalue weighted by molar-refractivity contribution is 7.16. The van der Waals surface area contributed by atoms with Crippen LogP contribution in [0.1, 0.15) is 23.8 Å². The van der Waals surface area contributed by atoms with Gasteiger partial charge in [0.2, 0.25) is 11.8 Å². The molecule has 2 aromatic rings. The van der Waals surface area contributed by atoms with Crippen LogP contribution in [0.4, 0.5) is 10.8 Å². The lowest BCUT2D eigenvalue weighted by molar-refractivity contribution is -0.116. The molecule has 0 atom stereocenters. The first kappa shape index (κ1) is 13.8. The Balaban J connectivity index is 1.96. The van der Waals surface area contributed by atoms with Gasteiger partial charge in [0.25, 0.3) is 0 Å². The van der Waals surface area contributed by atoms with Gasteiger partial charge in [-0.05, 0) is 31.0 Å². The molecule has 0 fully saturated rings. The highest BCUT2D eigenvalue weighted by Gasteiger charge is 2.17. The predicted molar refractivity (Wildman–Crippen MR) is 83.5 cm³/mol. The summed E-state index contributed by atoms with van der Waals surface area (Å²) in [4.78, 5) is 28.0. The summed E-state index contributed by atoms with van der Waals surface area (Å²) in [5.74, 6) is -0.0588. The van der Waals surface area contributed by atoms with Gasteiger partial charge in [-0.15, -0.1) is 11.3 Å². The summed E-state index contributed by atoms with van der Waals surface area (Å²) in [7, 11) is 0. The Morgan fingerprint density at radius 3 is 2.95 bits per heavy atom. The quantitative estimate of drug-likeness (QED) is 0.896. The minimum atomic E-state index is -0.122. The number of anilines is 2. The van der Waals surface area contributed by atoms with Crippen molar-refractivity contribution < 1.29 is 9.59 Å². The summed E-state index contributed by atoms with van der Waals surface area (Å²) in [5, 5.41) is 6.20. The number of hydrogen-bond donors (Lipinski definition) is 2. The van der Waals surface area contributed by atoms with E-state index in [-0.39, 0.29) is 11.8 Å². The van der Waals surface area contributed by atoms with Crippen molar-refractivity contribution in [3.05, 3.63) is 28.6 Å². The normalized spacial score (nSPS) is 13.5. The van der Waals surface area contributed by atoms with Crippen molar-refractivity contribution in [2.75, 3.05) is 10.6 Å². The molecule has 0 saturated carbocycles. The Bertz CT molecular complexity index is 737. The largest absolute Gasteiger partial charge is 0.326 e. The van der Waals surface area contributed by atoms with E-state index in [0.717, 1.165) is 33.8 Å². The molecule has 1 aliphatic heterocycles. The van der Waals surface area contributed by atoms with E-state index >= 15 is 0 Å². The Labute approximate surface area is 126 Å². The molecule has 108 valence electrons. The lowest BCUT2D eigenvalue weighted by Crippen LogP contribution is -2.18. The van der Waals surface area contributed by atoms with Crippen LogP contribution in [0, 0.1) is 6.92 Å². The number of aromatic nitrogens is 1. The maximum atomic E-state index is 11.4. The number of carbonyl (C=O) groups excluding carboxylic acids is 2. The monoisotopic (exact) mass is 301 g/mol. The van der Waals surface area contributed by atoms with E-state index in [9.17, 15) is 9.59 Å². The molecule has 21 heavy (non-hydrogen) atoms. The van der Waals surface area contributed by atoms with E-state index in [4.69, 9.17) is 0 Å². The Kier molecular flexibility index (Phi) is 3.47. The summed E-state index contributed by atoms with van der Waals surface area (Å²) >= 11 is 1.46. The summed E-state index contributed by atoms with van der Waals surface area (Å²) in [6.07, 6.45) is 1.26. The van der Waals surface area contributed by atoms with Crippen LogP contribution in [0.15, 0.2) is 18.2 Å². The van der Waals surface area contributed by atoms with Gasteiger partial charge in [-0.1, -0.05) is 6.07 Å². The maximum Gasteiger partial charge on any atom is 0.224 e. The standard InChI is InChI=1S/C15H15N3O2S/c1-8-14(18-15(21-8)16-9(2)19)11-3-5-12-10(7-11)4-6-13(20)17-12/h3,5,7H,4,6H2,1-2H3,(H,17,20)(H,16,18,19). The Hall–Kier alpha value is -2.21. The molecule has 0 unspecified atom stereocenters. The zero-order valence-corrected chi connectivity index (χ0v) is 12.6. The number of benzene rings is 1. The highest BCUT2D eigenvalue weighted by Crippen LogP contribution is 2.33. The molecule has 6 heteroatoms. The van der Waals surface area contributed by atoms with Crippen LogP contribution in [-0.2, 0) is 16.0 Å². The van der Waals surface area contributed by atoms with Crippen LogP contribution in [0.3, 0.4) is 0 Å². The van der Waals surface area contributed by atoms with E-state index in [2.05, 4.69) is 21.7 Å². The number of nitrogens with one attached hydrogen (secondary N) is 2. The second kappa shape index (κ2) is 5.29. The predicted octanol–water partition coefficient (Wildman–Crippen LogP) is 2.96. The van der Waals surface area contributed by atoms with Crippen LogP contribution >= 0.6 is 11.3 Å². The van der Waals surface area contributed by atoms with Crippen molar-refractivity contribution >= 4 is 34.0 Å². The second-order valence-corrected chi connectivity index (χ2v) is 6.23. The molecule has 1 aliphatic rings. The number of thiazole rings is 1. The second-order valence-electron chi connectivity index (χ2n) is 5.03. The van der Waals surface area contributed by atoms with Gasteiger partial charge in [0.1, 0.15) is 0 Å². The van der Waals surface area contributed by atoms with Gasteiger partial charge in [-0.3, -0.25) is 9.59 Å². The van der Waals surface area contributed by atoms with Crippen LogP contribution in [0.5, 0.6) is 0 Å². The van der Waals surface area contributed by atoms with Crippen LogP contribution < -0.4 is 10.6 Å². The van der Waals surface area contributed by atoms with E-state index in [1.54, 1.807) is 0 Å². The van der Waals surface area contributed by atoms with Gasteiger partial charge in [-0.25, -0.2) is 4.98 Å². The number of fused-ring (bicyclic) bond motifs is 1. The third-order valence-corrected chi connectivity index (χ3v) is 4.24. The third-order valence-electron chi connectivity index (χ3n) is 3.35. The van der Waals surface area contributed by atoms with Crippen LogP contribution in [-0.4, -0.2) is 16.8 Å². The number of carbonyl (C=O) groups is 2. The number of nitrogens with zero attached hydrogens (tertiary/aromatic N) is 1. The minimum Gasteiger partial charge on any atom is -0.326 e. The molecule has 1 aromatic carbocycles. The van der Waals surface area contributed by atoms with Crippen molar-refractivity contribution in [2.45, 2.75) is 26.7 Å².